The van der Waals surface area contributed by atoms with E-state index >= 15 is 0 Å². The van der Waals surface area contributed by atoms with Crippen LogP contribution in [0.5, 0.6) is 17.2 Å². The molecule has 1 aromatic carbocycles. The van der Waals surface area contributed by atoms with Crippen molar-refractivity contribution in [2.45, 2.75) is 38.8 Å². The van der Waals surface area contributed by atoms with E-state index in [1.807, 2.05) is 13.8 Å². The number of hydrogen-bond donors (Lipinski definition) is 1. The van der Waals surface area contributed by atoms with Crippen LogP contribution in [0.4, 0.5) is 5.95 Å². The second-order valence-electron chi connectivity index (χ2n) is 8.80. The molecule has 0 saturated heterocycles. The fraction of sp³-hybridized carbons (Fsp3) is 0.333. The van der Waals surface area contributed by atoms with E-state index in [0.29, 0.717) is 52.1 Å². The van der Waals surface area contributed by atoms with Gasteiger partial charge in [0.25, 0.3) is 5.56 Å². The number of fused-ring (bicyclic) bond motifs is 2. The van der Waals surface area contributed by atoms with Crippen molar-refractivity contribution in [3.63, 3.8) is 0 Å². The minimum atomic E-state index is -0.788. The fourth-order valence-electron chi connectivity index (χ4n) is 4.38. The third kappa shape index (κ3) is 3.40. The Morgan fingerprint density at radius 2 is 1.97 bits per heavy atom. The van der Waals surface area contributed by atoms with Gasteiger partial charge in [0.05, 0.1) is 41.9 Å². The number of rotatable bonds is 5. The van der Waals surface area contributed by atoms with Crippen molar-refractivity contribution in [2.24, 2.45) is 0 Å². The van der Waals surface area contributed by atoms with Crippen molar-refractivity contribution in [3.05, 3.63) is 58.1 Å². The summed E-state index contributed by atoms with van der Waals surface area (Å²) < 4.78 is 18.0. The maximum absolute atomic E-state index is 13.7. The third-order valence-corrected chi connectivity index (χ3v) is 5.95. The molecule has 2 aliphatic heterocycles. The van der Waals surface area contributed by atoms with Crippen LogP contribution in [0.2, 0.25) is 0 Å². The molecule has 170 valence electrons. The molecule has 0 amide bonds. The lowest BCUT2D eigenvalue weighted by Crippen LogP contribution is -2.31. The monoisotopic (exact) mass is 448 g/mol. The van der Waals surface area contributed by atoms with Gasteiger partial charge in [-0.15, -0.1) is 0 Å². The summed E-state index contributed by atoms with van der Waals surface area (Å²) in [7, 11) is 1.47. The largest absolute Gasteiger partial charge is 0.492 e. The minimum absolute atomic E-state index is 0.0595. The van der Waals surface area contributed by atoms with Crippen LogP contribution in [0.1, 0.15) is 42.6 Å². The number of methoxy groups -OCH3 is 1. The number of nitrogens with one attached hydrogen (secondary N) is 1. The highest BCUT2D eigenvalue weighted by atomic mass is 16.7. The van der Waals surface area contributed by atoms with Crippen molar-refractivity contribution >= 4 is 11.7 Å². The topological polar surface area (TPSA) is 105 Å². The Morgan fingerprint density at radius 1 is 1.21 bits per heavy atom. The summed E-state index contributed by atoms with van der Waals surface area (Å²) in [5.41, 5.74) is 1.24. The van der Waals surface area contributed by atoms with Gasteiger partial charge in [-0.05, 0) is 38.1 Å². The van der Waals surface area contributed by atoms with Gasteiger partial charge in [0.1, 0.15) is 0 Å². The molecule has 0 aliphatic carbocycles. The number of carbonyl (C=O) groups excluding carboxylic acids is 1. The lowest BCUT2D eigenvalue weighted by molar-refractivity contribution is 0.0961. The van der Waals surface area contributed by atoms with Crippen LogP contribution in [-0.4, -0.2) is 39.8 Å². The zero-order valence-corrected chi connectivity index (χ0v) is 18.8. The number of anilines is 1. The van der Waals surface area contributed by atoms with Crippen LogP contribution in [0.25, 0.3) is 11.3 Å². The van der Waals surface area contributed by atoms with E-state index in [1.165, 1.54) is 7.11 Å². The highest BCUT2D eigenvalue weighted by Crippen LogP contribution is 2.44. The molecule has 9 heteroatoms. The first kappa shape index (κ1) is 21.0. The summed E-state index contributed by atoms with van der Waals surface area (Å²) >= 11 is 0. The molecule has 1 N–H and O–H groups in total. The quantitative estimate of drug-likeness (QED) is 0.593. The number of ether oxygens (including phenoxy) is 3. The molecule has 2 aromatic heterocycles. The smallest absolute Gasteiger partial charge is 0.259 e. The Balaban J connectivity index is 1.67. The third-order valence-electron chi connectivity index (χ3n) is 5.95. The summed E-state index contributed by atoms with van der Waals surface area (Å²) in [6, 6.07) is 6.87. The van der Waals surface area contributed by atoms with Crippen LogP contribution < -0.4 is 25.1 Å². The van der Waals surface area contributed by atoms with Crippen molar-refractivity contribution in [1.29, 1.82) is 0 Å². The highest BCUT2D eigenvalue weighted by molar-refractivity contribution is 6.04. The standard InChI is InChI=1S/C24H24N4O5/c1-13(19(29)15-5-6-16-21(20(15)31-4)33-12-32-16)17-18(14-7-9-25-10-8-14)26-23-27-24(2,3)11-28(23)22(17)30/h5-10,13H,11-12H2,1-4H3,(H,26,27). The van der Waals surface area contributed by atoms with Gasteiger partial charge in [0.2, 0.25) is 18.5 Å². The minimum Gasteiger partial charge on any atom is -0.492 e. The summed E-state index contributed by atoms with van der Waals surface area (Å²) in [6.07, 6.45) is 3.27. The summed E-state index contributed by atoms with van der Waals surface area (Å²) in [5.74, 6) is 0.625. The number of aromatic nitrogens is 3. The normalized spacial score (nSPS) is 16.1. The molecule has 5 rings (SSSR count). The highest BCUT2D eigenvalue weighted by Gasteiger charge is 2.35. The molecule has 0 fully saturated rings. The second kappa shape index (κ2) is 7.61. The van der Waals surface area contributed by atoms with Gasteiger partial charge >= 0.3 is 0 Å². The molecular formula is C24H24N4O5. The number of Topliss-reactive ketones (excluding diaryl/α,β-unsaturated/α-hetero) is 1. The predicted molar refractivity (Wildman–Crippen MR) is 121 cm³/mol. The van der Waals surface area contributed by atoms with Crippen molar-refractivity contribution in [1.82, 2.24) is 14.5 Å². The van der Waals surface area contributed by atoms with Gasteiger partial charge in [0.15, 0.2) is 17.3 Å². The van der Waals surface area contributed by atoms with E-state index < -0.39 is 5.92 Å². The molecule has 33 heavy (non-hydrogen) atoms. The van der Waals surface area contributed by atoms with Crippen LogP contribution in [0, 0.1) is 0 Å². The van der Waals surface area contributed by atoms with E-state index in [0.717, 1.165) is 0 Å². The molecule has 0 bridgehead atoms. The first-order chi connectivity index (χ1) is 15.8. The van der Waals surface area contributed by atoms with Gasteiger partial charge < -0.3 is 19.5 Å². The molecular weight excluding hydrogens is 424 g/mol. The number of pyridine rings is 1. The molecule has 1 atom stereocenters. The average molecular weight is 448 g/mol. The molecule has 3 aromatic rings. The summed E-state index contributed by atoms with van der Waals surface area (Å²) in [6.45, 7) is 6.23. The Morgan fingerprint density at radius 3 is 2.70 bits per heavy atom. The van der Waals surface area contributed by atoms with Crippen molar-refractivity contribution in [2.75, 3.05) is 19.2 Å². The first-order valence-electron chi connectivity index (χ1n) is 10.6. The Hall–Kier alpha value is -3.88. The van der Waals surface area contributed by atoms with E-state index in [-0.39, 0.29) is 23.7 Å². The lowest BCUT2D eigenvalue weighted by atomic mass is 9.89. The Bertz CT molecular complexity index is 1320. The Labute approximate surface area is 190 Å². The number of ketones is 1. The van der Waals surface area contributed by atoms with Crippen LogP contribution in [0.15, 0.2) is 41.5 Å². The molecule has 4 heterocycles. The lowest BCUT2D eigenvalue weighted by Gasteiger charge is -2.18. The SMILES string of the molecule is COc1c(C(=O)C(C)c2c(-c3ccncc3)nc3n(c2=O)CC(C)(C)N3)ccc2c1OCO2. The number of hydrogen-bond acceptors (Lipinski definition) is 8. The van der Waals surface area contributed by atoms with Gasteiger partial charge in [-0.25, -0.2) is 4.98 Å². The van der Waals surface area contributed by atoms with Crippen molar-refractivity contribution < 1.29 is 19.0 Å². The predicted octanol–water partition coefficient (Wildman–Crippen LogP) is 3.23. The van der Waals surface area contributed by atoms with Crippen molar-refractivity contribution in [3.8, 4) is 28.5 Å². The van der Waals surface area contributed by atoms with Crippen LogP contribution in [-0.2, 0) is 6.54 Å². The Kier molecular flexibility index (Phi) is 4.84. The van der Waals surface area contributed by atoms with E-state index in [4.69, 9.17) is 19.2 Å². The van der Waals surface area contributed by atoms with Crippen LogP contribution in [0.3, 0.4) is 0 Å². The molecule has 2 aliphatic rings. The van der Waals surface area contributed by atoms with E-state index in [1.54, 1.807) is 48.1 Å². The van der Waals surface area contributed by atoms with E-state index in [2.05, 4.69) is 10.3 Å². The maximum atomic E-state index is 13.7. The molecule has 0 radical (unpaired) electrons. The molecule has 0 saturated carbocycles. The fourth-order valence-corrected chi connectivity index (χ4v) is 4.38. The number of nitrogens with zero attached hydrogens (tertiary/aromatic N) is 3. The zero-order chi connectivity index (χ0) is 23.3. The number of benzene rings is 1. The molecule has 9 nitrogen and oxygen atoms in total. The zero-order valence-electron chi connectivity index (χ0n) is 18.8. The van der Waals surface area contributed by atoms with E-state index in [9.17, 15) is 9.59 Å². The van der Waals surface area contributed by atoms with Gasteiger partial charge in [0, 0.05) is 18.0 Å². The summed E-state index contributed by atoms with van der Waals surface area (Å²) in [4.78, 5) is 36.2. The van der Waals surface area contributed by atoms with Gasteiger partial charge in [-0.1, -0.05) is 6.92 Å². The molecule has 1 unspecified atom stereocenters. The number of carbonyl (C=O) groups is 1. The maximum Gasteiger partial charge on any atom is 0.259 e. The van der Waals surface area contributed by atoms with Gasteiger partial charge in [-0.2, -0.15) is 0 Å². The second-order valence-corrected chi connectivity index (χ2v) is 8.80. The molecule has 0 spiro atoms. The van der Waals surface area contributed by atoms with Crippen LogP contribution >= 0.6 is 0 Å². The first-order valence-corrected chi connectivity index (χ1v) is 10.6. The van der Waals surface area contributed by atoms with Gasteiger partial charge in [-0.3, -0.25) is 19.1 Å². The average Bonchev–Trinajstić information content (AvgIpc) is 3.41. The summed E-state index contributed by atoms with van der Waals surface area (Å²) in [5, 5.41) is 3.30.